The molecular weight excluding hydrogens is 136 g/mol. The van der Waals surface area contributed by atoms with E-state index < -0.39 is 0 Å². The Morgan fingerprint density at radius 3 is 2.55 bits per heavy atom. The van der Waals surface area contributed by atoms with Crippen LogP contribution >= 0.6 is 0 Å². The largest absolute Gasteiger partial charge is 0.381 e. The lowest BCUT2D eigenvalue weighted by atomic mass is 10.3. The van der Waals surface area contributed by atoms with Gasteiger partial charge in [0, 0.05) is 13.2 Å². The van der Waals surface area contributed by atoms with Crippen LogP contribution in [0, 0.1) is 0 Å². The van der Waals surface area contributed by atoms with Crippen LogP contribution in [0.4, 0.5) is 0 Å². The second kappa shape index (κ2) is 9.70. The minimum Gasteiger partial charge on any atom is -0.381 e. The minimum atomic E-state index is 0.921. The number of hydrogen-bond donors (Lipinski definition) is 0. The lowest BCUT2D eigenvalue weighted by Gasteiger charge is -2.00. The maximum atomic E-state index is 5.39. The van der Waals surface area contributed by atoms with Crippen molar-refractivity contribution in [2.45, 2.75) is 39.5 Å². The second-order valence-corrected chi connectivity index (χ2v) is 2.68. The van der Waals surface area contributed by atoms with E-state index in [0.717, 1.165) is 26.1 Å². The Morgan fingerprint density at radius 2 is 1.91 bits per heavy atom. The number of unbranched alkanes of at least 4 members (excludes halogenated alkanes) is 2. The normalized spacial score (nSPS) is 11.1. The fraction of sp³-hybridized carbons (Fsp3) is 0.800. The number of ether oxygens (including phenoxy) is 1. The van der Waals surface area contributed by atoms with Gasteiger partial charge in [0.1, 0.15) is 0 Å². The Kier molecular flexibility index (Phi) is 9.44. The molecule has 0 fully saturated rings. The maximum Gasteiger partial charge on any atom is 0.0468 e. The molecule has 0 atom stereocenters. The molecule has 1 nitrogen and oxygen atoms in total. The summed E-state index contributed by atoms with van der Waals surface area (Å²) in [5.41, 5.74) is 0. The molecule has 0 heterocycles. The zero-order chi connectivity index (χ0) is 8.36. The first-order valence-corrected chi connectivity index (χ1v) is 4.60. The number of rotatable bonds is 7. The quantitative estimate of drug-likeness (QED) is 0.406. The summed E-state index contributed by atoms with van der Waals surface area (Å²) in [4.78, 5) is 0. The maximum absolute atomic E-state index is 5.39. The summed E-state index contributed by atoms with van der Waals surface area (Å²) >= 11 is 0. The first-order chi connectivity index (χ1) is 5.41. The van der Waals surface area contributed by atoms with Gasteiger partial charge in [-0.25, -0.2) is 0 Å². The van der Waals surface area contributed by atoms with Gasteiger partial charge in [-0.1, -0.05) is 25.5 Å². The molecule has 0 aliphatic rings. The van der Waals surface area contributed by atoms with E-state index >= 15 is 0 Å². The molecule has 0 aromatic carbocycles. The van der Waals surface area contributed by atoms with E-state index in [4.69, 9.17) is 4.74 Å². The Labute approximate surface area is 70.4 Å². The van der Waals surface area contributed by atoms with Gasteiger partial charge in [-0.3, -0.25) is 0 Å². The van der Waals surface area contributed by atoms with Crippen molar-refractivity contribution >= 4 is 0 Å². The first-order valence-electron chi connectivity index (χ1n) is 4.60. The predicted octanol–water partition coefficient (Wildman–Crippen LogP) is 3.16. The van der Waals surface area contributed by atoms with Crippen molar-refractivity contribution in [2.24, 2.45) is 0 Å². The molecule has 0 rings (SSSR count). The topological polar surface area (TPSA) is 9.23 Å². The van der Waals surface area contributed by atoms with Gasteiger partial charge in [-0.2, -0.15) is 0 Å². The number of allylic oxidation sites excluding steroid dienone is 2. The molecule has 0 unspecified atom stereocenters. The molecule has 0 radical (unpaired) electrons. The Hall–Kier alpha value is -0.300. The lowest BCUT2D eigenvalue weighted by Crippen LogP contribution is -1.95. The highest BCUT2D eigenvalue weighted by molar-refractivity contribution is 4.75. The molecule has 0 aromatic rings. The molecule has 0 N–H and O–H groups in total. The molecule has 0 saturated heterocycles. The van der Waals surface area contributed by atoms with Crippen LogP contribution in [0.3, 0.4) is 0 Å². The average molecular weight is 156 g/mol. The van der Waals surface area contributed by atoms with Crippen LogP contribution < -0.4 is 0 Å². The van der Waals surface area contributed by atoms with Crippen molar-refractivity contribution in [3.63, 3.8) is 0 Å². The van der Waals surface area contributed by atoms with E-state index in [0.29, 0.717) is 0 Å². The summed E-state index contributed by atoms with van der Waals surface area (Å²) in [7, 11) is 0. The summed E-state index contributed by atoms with van der Waals surface area (Å²) < 4.78 is 5.39. The van der Waals surface area contributed by atoms with Crippen LogP contribution in [0.1, 0.15) is 39.5 Å². The summed E-state index contributed by atoms with van der Waals surface area (Å²) in [5, 5.41) is 0. The highest BCUT2D eigenvalue weighted by Gasteiger charge is 1.85. The molecule has 0 amide bonds. The zero-order valence-corrected chi connectivity index (χ0v) is 7.81. The van der Waals surface area contributed by atoms with Gasteiger partial charge >= 0.3 is 0 Å². The summed E-state index contributed by atoms with van der Waals surface area (Å²) in [6, 6.07) is 0. The Bertz CT molecular complexity index is 86.9. The minimum absolute atomic E-state index is 0.921. The lowest BCUT2D eigenvalue weighted by molar-refractivity contribution is 0.129. The van der Waals surface area contributed by atoms with E-state index in [1.165, 1.54) is 12.8 Å². The third-order valence-electron chi connectivity index (χ3n) is 1.54. The van der Waals surface area contributed by atoms with Gasteiger partial charge < -0.3 is 4.74 Å². The predicted molar refractivity (Wildman–Crippen MR) is 49.8 cm³/mol. The van der Waals surface area contributed by atoms with Gasteiger partial charge in [0.15, 0.2) is 0 Å². The van der Waals surface area contributed by atoms with Crippen LogP contribution in [0.15, 0.2) is 12.2 Å². The summed E-state index contributed by atoms with van der Waals surface area (Å²) in [6.45, 7) is 6.10. The average Bonchev–Trinajstić information content (AvgIpc) is 2.03. The van der Waals surface area contributed by atoms with E-state index in [1.807, 2.05) is 0 Å². The Morgan fingerprint density at radius 1 is 1.18 bits per heavy atom. The van der Waals surface area contributed by atoms with Crippen LogP contribution in [0.25, 0.3) is 0 Å². The van der Waals surface area contributed by atoms with Crippen molar-refractivity contribution < 1.29 is 4.74 Å². The van der Waals surface area contributed by atoms with Gasteiger partial charge in [0.05, 0.1) is 0 Å². The van der Waals surface area contributed by atoms with E-state index in [-0.39, 0.29) is 0 Å². The van der Waals surface area contributed by atoms with Crippen LogP contribution in [-0.2, 0) is 4.74 Å². The molecule has 0 aliphatic heterocycles. The highest BCUT2D eigenvalue weighted by Crippen LogP contribution is 1.93. The third-order valence-corrected chi connectivity index (χ3v) is 1.54. The van der Waals surface area contributed by atoms with Crippen molar-refractivity contribution in [1.82, 2.24) is 0 Å². The molecule has 66 valence electrons. The molecule has 11 heavy (non-hydrogen) atoms. The van der Waals surface area contributed by atoms with Gasteiger partial charge in [0.25, 0.3) is 0 Å². The van der Waals surface area contributed by atoms with Crippen LogP contribution in [-0.4, -0.2) is 13.2 Å². The summed E-state index contributed by atoms with van der Waals surface area (Å²) in [6.07, 6.45) is 9.02. The van der Waals surface area contributed by atoms with Crippen LogP contribution in [0.2, 0.25) is 0 Å². The van der Waals surface area contributed by atoms with Gasteiger partial charge in [-0.15, -0.1) is 0 Å². The molecular formula is C10H20O. The first kappa shape index (κ1) is 10.7. The van der Waals surface area contributed by atoms with Gasteiger partial charge in [0.2, 0.25) is 0 Å². The van der Waals surface area contributed by atoms with Crippen molar-refractivity contribution in [3.05, 3.63) is 12.2 Å². The van der Waals surface area contributed by atoms with Gasteiger partial charge in [-0.05, 0) is 26.2 Å². The van der Waals surface area contributed by atoms with E-state index in [1.54, 1.807) is 0 Å². The van der Waals surface area contributed by atoms with Crippen molar-refractivity contribution in [3.8, 4) is 0 Å². The van der Waals surface area contributed by atoms with E-state index in [2.05, 4.69) is 26.0 Å². The fourth-order valence-electron chi connectivity index (χ4n) is 0.818. The Balaban J connectivity index is 2.79. The smallest absolute Gasteiger partial charge is 0.0468 e. The SMILES string of the molecule is CC=CCCCOCCCC. The molecule has 0 saturated carbocycles. The molecule has 0 aliphatic carbocycles. The third kappa shape index (κ3) is 9.70. The number of hydrogen-bond acceptors (Lipinski definition) is 1. The summed E-state index contributed by atoms with van der Waals surface area (Å²) in [5.74, 6) is 0. The van der Waals surface area contributed by atoms with E-state index in [9.17, 15) is 0 Å². The molecule has 0 bridgehead atoms. The van der Waals surface area contributed by atoms with Crippen LogP contribution in [0.5, 0.6) is 0 Å². The molecule has 1 heteroatoms. The highest BCUT2D eigenvalue weighted by atomic mass is 16.5. The monoisotopic (exact) mass is 156 g/mol. The zero-order valence-electron chi connectivity index (χ0n) is 7.81. The van der Waals surface area contributed by atoms with Crippen molar-refractivity contribution in [1.29, 1.82) is 0 Å². The standard InChI is InChI=1S/C10H20O/c1-3-5-7-8-10-11-9-6-4-2/h3,5H,4,6-10H2,1-2H3. The molecule has 0 aromatic heterocycles. The second-order valence-electron chi connectivity index (χ2n) is 2.68. The fourth-order valence-corrected chi connectivity index (χ4v) is 0.818. The van der Waals surface area contributed by atoms with Crippen molar-refractivity contribution in [2.75, 3.05) is 13.2 Å². The molecule has 0 spiro atoms.